The zero-order chi connectivity index (χ0) is 14.0. The summed E-state index contributed by atoms with van der Waals surface area (Å²) < 4.78 is 27.4. The van der Waals surface area contributed by atoms with Crippen molar-refractivity contribution in [1.82, 2.24) is 14.8 Å². The number of carboxylic acids is 1. The maximum Gasteiger partial charge on any atom is 0.337 e. The van der Waals surface area contributed by atoms with Gasteiger partial charge in [-0.15, -0.1) is 0 Å². The minimum absolute atomic E-state index is 0.0170. The number of pyridine rings is 1. The standard InChI is InChI=1S/C10H10N4O4S/c1-14-9(4-5-12-14)19(17,18)13-8-3-2-7(6-11-8)10(15)16/h2-6H,1H3,(H,11,13)(H,15,16). The van der Waals surface area contributed by atoms with E-state index in [1.807, 2.05) is 0 Å². The first kappa shape index (κ1) is 13.0. The minimum atomic E-state index is -3.79. The van der Waals surface area contributed by atoms with Gasteiger partial charge in [0.1, 0.15) is 5.82 Å². The lowest BCUT2D eigenvalue weighted by Crippen LogP contribution is -2.17. The van der Waals surface area contributed by atoms with Gasteiger partial charge in [-0.3, -0.25) is 9.40 Å². The molecule has 9 heteroatoms. The Morgan fingerprint density at radius 2 is 2.11 bits per heavy atom. The van der Waals surface area contributed by atoms with Crippen LogP contribution in [0.5, 0.6) is 0 Å². The summed E-state index contributed by atoms with van der Waals surface area (Å²) in [6, 6.07) is 3.88. The van der Waals surface area contributed by atoms with Crippen LogP contribution in [0, 0.1) is 0 Å². The highest BCUT2D eigenvalue weighted by Gasteiger charge is 2.18. The number of sulfonamides is 1. The molecule has 0 atom stereocenters. The topological polar surface area (TPSA) is 114 Å². The monoisotopic (exact) mass is 282 g/mol. The minimum Gasteiger partial charge on any atom is -0.478 e. The van der Waals surface area contributed by atoms with E-state index in [1.54, 1.807) is 0 Å². The van der Waals surface area contributed by atoms with Gasteiger partial charge in [0.25, 0.3) is 10.0 Å². The highest BCUT2D eigenvalue weighted by molar-refractivity contribution is 7.92. The predicted molar refractivity (Wildman–Crippen MR) is 65.2 cm³/mol. The van der Waals surface area contributed by atoms with E-state index < -0.39 is 16.0 Å². The van der Waals surface area contributed by atoms with Gasteiger partial charge in [-0.05, 0) is 18.2 Å². The van der Waals surface area contributed by atoms with Crippen molar-refractivity contribution in [2.45, 2.75) is 5.03 Å². The second-order valence-electron chi connectivity index (χ2n) is 3.64. The number of nitrogens with one attached hydrogen (secondary N) is 1. The Hall–Kier alpha value is -2.42. The smallest absolute Gasteiger partial charge is 0.337 e. The lowest BCUT2D eigenvalue weighted by molar-refractivity contribution is 0.0696. The normalized spacial score (nSPS) is 11.2. The van der Waals surface area contributed by atoms with E-state index in [0.29, 0.717) is 0 Å². The number of aromatic nitrogens is 3. The van der Waals surface area contributed by atoms with Crippen molar-refractivity contribution in [1.29, 1.82) is 0 Å². The third kappa shape index (κ3) is 2.71. The van der Waals surface area contributed by atoms with Crippen LogP contribution in [0.1, 0.15) is 10.4 Å². The summed E-state index contributed by atoms with van der Waals surface area (Å²) in [4.78, 5) is 14.4. The van der Waals surface area contributed by atoms with Gasteiger partial charge in [-0.2, -0.15) is 13.5 Å². The molecule has 0 aliphatic heterocycles. The zero-order valence-electron chi connectivity index (χ0n) is 9.81. The van der Waals surface area contributed by atoms with Crippen LogP contribution in [0.4, 0.5) is 5.82 Å². The Bertz CT molecular complexity index is 705. The zero-order valence-corrected chi connectivity index (χ0v) is 10.6. The Labute approximate surface area is 108 Å². The fourth-order valence-corrected chi connectivity index (χ4v) is 2.53. The first-order valence-corrected chi connectivity index (χ1v) is 6.58. The van der Waals surface area contributed by atoms with E-state index in [2.05, 4.69) is 14.8 Å². The van der Waals surface area contributed by atoms with Crippen LogP contribution >= 0.6 is 0 Å². The Morgan fingerprint density at radius 1 is 1.37 bits per heavy atom. The number of aromatic carboxylic acids is 1. The summed E-state index contributed by atoms with van der Waals surface area (Å²) >= 11 is 0. The van der Waals surface area contributed by atoms with Gasteiger partial charge in [-0.25, -0.2) is 9.78 Å². The van der Waals surface area contributed by atoms with E-state index in [0.717, 1.165) is 6.20 Å². The highest BCUT2D eigenvalue weighted by atomic mass is 32.2. The molecule has 0 spiro atoms. The molecule has 0 saturated heterocycles. The number of hydrogen-bond acceptors (Lipinski definition) is 5. The molecule has 0 aliphatic carbocycles. The highest BCUT2D eigenvalue weighted by Crippen LogP contribution is 2.13. The number of carbonyl (C=O) groups is 1. The van der Waals surface area contributed by atoms with Crippen molar-refractivity contribution in [3.8, 4) is 0 Å². The lowest BCUT2D eigenvalue weighted by atomic mass is 10.3. The number of aryl methyl sites for hydroxylation is 1. The van der Waals surface area contributed by atoms with Crippen LogP contribution < -0.4 is 4.72 Å². The fraction of sp³-hybridized carbons (Fsp3) is 0.100. The molecule has 100 valence electrons. The predicted octanol–water partition coefficient (Wildman–Crippen LogP) is 0.314. The van der Waals surface area contributed by atoms with Gasteiger partial charge >= 0.3 is 5.97 Å². The second-order valence-corrected chi connectivity index (χ2v) is 5.27. The first-order valence-electron chi connectivity index (χ1n) is 5.10. The van der Waals surface area contributed by atoms with Crippen LogP contribution in [0.3, 0.4) is 0 Å². The van der Waals surface area contributed by atoms with Gasteiger partial charge in [0, 0.05) is 13.2 Å². The summed E-state index contributed by atoms with van der Waals surface area (Å²) in [6.07, 6.45) is 2.43. The number of nitrogens with zero attached hydrogens (tertiary/aromatic N) is 3. The van der Waals surface area contributed by atoms with Gasteiger partial charge in [0.2, 0.25) is 0 Å². The summed E-state index contributed by atoms with van der Waals surface area (Å²) in [5, 5.41) is 12.4. The van der Waals surface area contributed by atoms with E-state index >= 15 is 0 Å². The number of anilines is 1. The molecule has 0 radical (unpaired) electrons. The molecule has 0 saturated carbocycles. The first-order chi connectivity index (χ1) is 8.90. The van der Waals surface area contributed by atoms with Gasteiger partial charge < -0.3 is 5.11 Å². The van der Waals surface area contributed by atoms with Gasteiger partial charge in [0.05, 0.1) is 11.8 Å². The molecule has 0 aliphatic rings. The molecule has 2 rings (SSSR count). The largest absolute Gasteiger partial charge is 0.478 e. The summed E-state index contributed by atoms with van der Waals surface area (Å²) in [5.41, 5.74) is -0.0246. The molecular formula is C10H10N4O4S. The molecule has 0 fully saturated rings. The molecule has 0 unspecified atom stereocenters. The number of rotatable bonds is 4. The van der Waals surface area contributed by atoms with Crippen LogP contribution in [0.25, 0.3) is 0 Å². The lowest BCUT2D eigenvalue weighted by Gasteiger charge is -2.07. The van der Waals surface area contributed by atoms with Crippen LogP contribution in [0.2, 0.25) is 0 Å². The molecule has 0 amide bonds. The van der Waals surface area contributed by atoms with Gasteiger partial charge in [0.15, 0.2) is 5.03 Å². The summed E-state index contributed by atoms with van der Waals surface area (Å²) in [5.74, 6) is -1.10. The van der Waals surface area contributed by atoms with Crippen molar-refractivity contribution in [3.05, 3.63) is 36.2 Å². The molecule has 2 heterocycles. The molecular weight excluding hydrogens is 272 g/mol. The quantitative estimate of drug-likeness (QED) is 0.834. The number of hydrogen-bond donors (Lipinski definition) is 2. The van der Waals surface area contributed by atoms with Crippen LogP contribution in [-0.2, 0) is 17.1 Å². The summed E-state index contributed by atoms with van der Waals surface area (Å²) in [7, 11) is -2.30. The molecule has 0 aromatic carbocycles. The Kier molecular flexibility index (Phi) is 3.21. The Morgan fingerprint density at radius 3 is 2.58 bits per heavy atom. The third-order valence-corrected chi connectivity index (χ3v) is 3.73. The number of carboxylic acid groups (broad SMARTS) is 1. The molecule has 0 bridgehead atoms. The summed E-state index contributed by atoms with van der Waals surface area (Å²) in [6.45, 7) is 0. The maximum atomic E-state index is 12.0. The Balaban J connectivity index is 2.26. The molecule has 19 heavy (non-hydrogen) atoms. The van der Waals surface area contributed by atoms with Crippen molar-refractivity contribution in [2.75, 3.05) is 4.72 Å². The second kappa shape index (κ2) is 4.69. The third-order valence-electron chi connectivity index (χ3n) is 2.30. The van der Waals surface area contributed by atoms with Gasteiger partial charge in [-0.1, -0.05) is 0 Å². The van der Waals surface area contributed by atoms with E-state index in [4.69, 9.17) is 5.11 Å². The molecule has 2 aromatic rings. The SMILES string of the molecule is Cn1nccc1S(=O)(=O)Nc1ccc(C(=O)O)cn1. The van der Waals surface area contributed by atoms with Crippen molar-refractivity contribution in [2.24, 2.45) is 7.05 Å². The molecule has 2 aromatic heterocycles. The van der Waals surface area contributed by atoms with Crippen molar-refractivity contribution >= 4 is 21.8 Å². The van der Waals surface area contributed by atoms with Crippen molar-refractivity contribution < 1.29 is 18.3 Å². The van der Waals surface area contributed by atoms with E-state index in [1.165, 1.54) is 36.1 Å². The van der Waals surface area contributed by atoms with E-state index in [-0.39, 0.29) is 16.4 Å². The maximum absolute atomic E-state index is 12.0. The molecule has 8 nitrogen and oxygen atoms in total. The van der Waals surface area contributed by atoms with Crippen LogP contribution in [0.15, 0.2) is 35.6 Å². The average molecular weight is 282 g/mol. The fourth-order valence-electron chi connectivity index (χ4n) is 1.40. The van der Waals surface area contributed by atoms with Crippen LogP contribution in [-0.4, -0.2) is 34.3 Å². The average Bonchev–Trinajstić information content (AvgIpc) is 2.76. The molecule has 2 N–H and O–H groups in total. The van der Waals surface area contributed by atoms with E-state index in [9.17, 15) is 13.2 Å². The van der Waals surface area contributed by atoms with Crippen molar-refractivity contribution in [3.63, 3.8) is 0 Å².